The topological polar surface area (TPSA) is 22.1 Å². The van der Waals surface area contributed by atoms with Gasteiger partial charge in [-0.3, -0.25) is 0 Å². The normalized spacial score (nSPS) is 12.6. The molecule has 1 aromatic heterocycles. The smallest absolute Gasteiger partial charge is 0.216 e. The fourth-order valence-corrected chi connectivity index (χ4v) is 1.52. The molecule has 1 heterocycles. The molecule has 14 heavy (non-hydrogen) atoms. The van der Waals surface area contributed by atoms with E-state index in [1.54, 1.807) is 14.0 Å². The van der Waals surface area contributed by atoms with Crippen molar-refractivity contribution in [3.63, 3.8) is 0 Å². The Morgan fingerprint density at radius 1 is 1.57 bits per heavy atom. The summed E-state index contributed by atoms with van der Waals surface area (Å²) in [6.45, 7) is 5.88. The van der Waals surface area contributed by atoms with Crippen LogP contribution < -0.4 is 4.74 Å². The molecule has 0 amide bonds. The molecular formula is C11H16FNO. The van der Waals surface area contributed by atoms with Gasteiger partial charge in [-0.1, -0.05) is 13.8 Å². The highest BCUT2D eigenvalue weighted by Gasteiger charge is 2.16. The molecule has 3 heteroatoms. The number of nitrogens with zero attached hydrogens (tertiary/aromatic N) is 1. The van der Waals surface area contributed by atoms with Crippen molar-refractivity contribution < 1.29 is 9.13 Å². The summed E-state index contributed by atoms with van der Waals surface area (Å²) in [5, 5.41) is 0. The van der Waals surface area contributed by atoms with Gasteiger partial charge in [0.05, 0.1) is 13.3 Å². The highest BCUT2D eigenvalue weighted by Crippen LogP contribution is 2.30. The SMILES string of the molecule is CCC(C)c1c(OC)ncc(F)c1C. The molecule has 0 aliphatic carbocycles. The maximum atomic E-state index is 13.3. The Hall–Kier alpha value is -1.12. The molecule has 1 rings (SSSR count). The lowest BCUT2D eigenvalue weighted by Gasteiger charge is -2.15. The van der Waals surface area contributed by atoms with E-state index in [0.717, 1.165) is 12.0 Å². The van der Waals surface area contributed by atoms with Gasteiger partial charge in [-0.05, 0) is 24.8 Å². The molecule has 0 radical (unpaired) electrons. The summed E-state index contributed by atoms with van der Waals surface area (Å²) in [7, 11) is 1.56. The largest absolute Gasteiger partial charge is 0.481 e. The highest BCUT2D eigenvalue weighted by atomic mass is 19.1. The number of hydrogen-bond acceptors (Lipinski definition) is 2. The summed E-state index contributed by atoms with van der Waals surface area (Å²) in [5.41, 5.74) is 1.53. The zero-order valence-electron chi connectivity index (χ0n) is 9.10. The van der Waals surface area contributed by atoms with Crippen LogP contribution >= 0.6 is 0 Å². The third kappa shape index (κ3) is 1.86. The van der Waals surface area contributed by atoms with Gasteiger partial charge in [-0.25, -0.2) is 9.37 Å². The average Bonchev–Trinajstić information content (AvgIpc) is 2.20. The molecule has 78 valence electrons. The van der Waals surface area contributed by atoms with Crippen LogP contribution in [0.15, 0.2) is 6.20 Å². The summed E-state index contributed by atoms with van der Waals surface area (Å²) < 4.78 is 18.4. The standard InChI is InChI=1S/C11H16FNO/c1-5-7(2)10-8(3)9(12)6-13-11(10)14-4/h6-7H,5H2,1-4H3. The fourth-order valence-electron chi connectivity index (χ4n) is 1.52. The molecule has 0 saturated heterocycles. The number of ether oxygens (including phenoxy) is 1. The van der Waals surface area contributed by atoms with Gasteiger partial charge >= 0.3 is 0 Å². The lowest BCUT2D eigenvalue weighted by molar-refractivity contribution is 0.385. The molecule has 0 aliphatic rings. The Kier molecular flexibility index (Phi) is 3.44. The molecule has 0 saturated carbocycles. The Morgan fingerprint density at radius 2 is 2.21 bits per heavy atom. The van der Waals surface area contributed by atoms with E-state index < -0.39 is 0 Å². The lowest BCUT2D eigenvalue weighted by atomic mass is 9.95. The summed E-state index contributed by atoms with van der Waals surface area (Å²) >= 11 is 0. The summed E-state index contributed by atoms with van der Waals surface area (Å²) in [6.07, 6.45) is 2.16. The lowest BCUT2D eigenvalue weighted by Crippen LogP contribution is -2.03. The van der Waals surface area contributed by atoms with E-state index >= 15 is 0 Å². The first kappa shape index (κ1) is 11.0. The van der Waals surface area contributed by atoms with Crippen LogP contribution in [0.5, 0.6) is 5.88 Å². The first-order chi connectivity index (χ1) is 6.61. The molecule has 2 nitrogen and oxygen atoms in total. The van der Waals surface area contributed by atoms with Crippen molar-refractivity contribution in [2.75, 3.05) is 7.11 Å². The monoisotopic (exact) mass is 197 g/mol. The van der Waals surface area contributed by atoms with Crippen molar-refractivity contribution in [1.29, 1.82) is 0 Å². The van der Waals surface area contributed by atoms with Crippen molar-refractivity contribution in [3.05, 3.63) is 23.1 Å². The van der Waals surface area contributed by atoms with Gasteiger partial charge in [0.1, 0.15) is 5.82 Å². The number of hydrogen-bond donors (Lipinski definition) is 0. The third-order valence-electron chi connectivity index (χ3n) is 2.59. The van der Waals surface area contributed by atoms with Gasteiger partial charge in [-0.2, -0.15) is 0 Å². The van der Waals surface area contributed by atoms with E-state index in [2.05, 4.69) is 11.9 Å². The van der Waals surface area contributed by atoms with Crippen LogP contribution in [0.1, 0.15) is 37.3 Å². The maximum Gasteiger partial charge on any atom is 0.216 e. The number of halogens is 1. The molecule has 0 N–H and O–H groups in total. The fraction of sp³-hybridized carbons (Fsp3) is 0.545. The van der Waals surface area contributed by atoms with E-state index in [1.807, 2.05) is 6.92 Å². The van der Waals surface area contributed by atoms with Crippen LogP contribution in [-0.2, 0) is 0 Å². The Labute approximate surface area is 84.1 Å². The number of pyridine rings is 1. The van der Waals surface area contributed by atoms with Crippen LogP contribution in [0.25, 0.3) is 0 Å². The van der Waals surface area contributed by atoms with Crippen LogP contribution in [0.2, 0.25) is 0 Å². The maximum absolute atomic E-state index is 13.3. The van der Waals surface area contributed by atoms with E-state index in [4.69, 9.17) is 4.74 Å². The Balaban J connectivity index is 3.27. The minimum absolute atomic E-state index is 0.263. The molecule has 0 fully saturated rings. The average molecular weight is 197 g/mol. The van der Waals surface area contributed by atoms with Crippen molar-refractivity contribution in [2.24, 2.45) is 0 Å². The molecule has 1 atom stereocenters. The second kappa shape index (κ2) is 4.40. The van der Waals surface area contributed by atoms with Gasteiger partial charge < -0.3 is 4.74 Å². The molecule has 0 aromatic carbocycles. The van der Waals surface area contributed by atoms with Crippen LogP contribution in [-0.4, -0.2) is 12.1 Å². The van der Waals surface area contributed by atoms with E-state index in [-0.39, 0.29) is 11.7 Å². The predicted octanol–water partition coefficient (Wildman–Crippen LogP) is 3.05. The third-order valence-corrected chi connectivity index (χ3v) is 2.59. The van der Waals surface area contributed by atoms with Crippen LogP contribution in [0.3, 0.4) is 0 Å². The summed E-state index contributed by atoms with van der Waals surface area (Å²) in [6, 6.07) is 0. The number of methoxy groups -OCH3 is 1. The Morgan fingerprint density at radius 3 is 2.71 bits per heavy atom. The summed E-state index contributed by atoms with van der Waals surface area (Å²) in [4.78, 5) is 3.93. The van der Waals surface area contributed by atoms with Crippen molar-refractivity contribution in [3.8, 4) is 5.88 Å². The van der Waals surface area contributed by atoms with E-state index in [1.165, 1.54) is 6.20 Å². The van der Waals surface area contributed by atoms with Gasteiger partial charge in [0.15, 0.2) is 0 Å². The first-order valence-corrected chi connectivity index (χ1v) is 4.80. The molecule has 0 spiro atoms. The minimum Gasteiger partial charge on any atom is -0.481 e. The first-order valence-electron chi connectivity index (χ1n) is 4.80. The zero-order valence-corrected chi connectivity index (χ0v) is 9.10. The van der Waals surface area contributed by atoms with Crippen LogP contribution in [0, 0.1) is 12.7 Å². The molecular weight excluding hydrogens is 181 g/mol. The van der Waals surface area contributed by atoms with Crippen LogP contribution in [0.4, 0.5) is 4.39 Å². The summed E-state index contributed by atoms with van der Waals surface area (Å²) in [5.74, 6) is 0.549. The molecule has 0 aliphatic heterocycles. The van der Waals surface area contributed by atoms with Crippen molar-refractivity contribution in [2.45, 2.75) is 33.1 Å². The number of aromatic nitrogens is 1. The Bertz CT molecular complexity index is 325. The van der Waals surface area contributed by atoms with Gasteiger partial charge in [0, 0.05) is 5.56 Å². The van der Waals surface area contributed by atoms with E-state index in [0.29, 0.717) is 11.4 Å². The number of rotatable bonds is 3. The van der Waals surface area contributed by atoms with Gasteiger partial charge in [0.2, 0.25) is 5.88 Å². The molecule has 0 bridgehead atoms. The molecule has 1 aromatic rings. The van der Waals surface area contributed by atoms with Gasteiger partial charge in [0.25, 0.3) is 0 Å². The van der Waals surface area contributed by atoms with Crippen molar-refractivity contribution >= 4 is 0 Å². The molecule has 1 unspecified atom stereocenters. The van der Waals surface area contributed by atoms with Crippen molar-refractivity contribution in [1.82, 2.24) is 4.98 Å². The highest BCUT2D eigenvalue weighted by molar-refractivity contribution is 5.37. The van der Waals surface area contributed by atoms with Gasteiger partial charge in [-0.15, -0.1) is 0 Å². The zero-order chi connectivity index (χ0) is 10.7. The van der Waals surface area contributed by atoms with E-state index in [9.17, 15) is 4.39 Å². The minimum atomic E-state index is -0.263. The predicted molar refractivity (Wildman–Crippen MR) is 54.2 cm³/mol. The second-order valence-corrected chi connectivity index (χ2v) is 3.46. The second-order valence-electron chi connectivity index (χ2n) is 3.46. The quantitative estimate of drug-likeness (QED) is 0.743.